The van der Waals surface area contributed by atoms with Crippen molar-refractivity contribution in [2.24, 2.45) is 0 Å². The highest BCUT2D eigenvalue weighted by Gasteiger charge is 2.35. The molecule has 27 heavy (non-hydrogen) atoms. The second-order valence-electron chi connectivity index (χ2n) is 6.95. The van der Waals surface area contributed by atoms with Crippen molar-refractivity contribution in [1.82, 2.24) is 9.55 Å². The molecule has 4 nitrogen and oxygen atoms in total. The lowest BCUT2D eigenvalue weighted by Crippen LogP contribution is -2.38. The van der Waals surface area contributed by atoms with E-state index in [1.54, 1.807) is 6.20 Å². The van der Waals surface area contributed by atoms with E-state index in [2.05, 4.69) is 61.3 Å². The van der Waals surface area contributed by atoms with E-state index in [0.717, 1.165) is 31.2 Å². The van der Waals surface area contributed by atoms with Crippen LogP contribution in [0.5, 0.6) is 0 Å². The highest BCUT2D eigenvalue weighted by molar-refractivity contribution is 5.83. The van der Waals surface area contributed by atoms with Crippen LogP contribution in [0.3, 0.4) is 0 Å². The Labute approximate surface area is 162 Å². The molecule has 0 atom stereocenters. The van der Waals surface area contributed by atoms with Gasteiger partial charge in [0.2, 0.25) is 5.79 Å². The van der Waals surface area contributed by atoms with Crippen LogP contribution in [0, 0.1) is 0 Å². The van der Waals surface area contributed by atoms with Crippen LogP contribution in [-0.4, -0.2) is 22.8 Å². The van der Waals surface area contributed by atoms with Crippen molar-refractivity contribution in [2.45, 2.75) is 51.9 Å². The minimum atomic E-state index is -0.810. The van der Waals surface area contributed by atoms with Gasteiger partial charge in [-0.3, -0.25) is 0 Å². The fourth-order valence-corrected chi connectivity index (χ4v) is 3.20. The van der Waals surface area contributed by atoms with Crippen LogP contribution in [0.15, 0.2) is 61.2 Å². The van der Waals surface area contributed by atoms with E-state index >= 15 is 0 Å². The van der Waals surface area contributed by atoms with Crippen molar-refractivity contribution in [3.63, 3.8) is 0 Å². The highest BCUT2D eigenvalue weighted by Crippen LogP contribution is 2.33. The minimum Gasteiger partial charge on any atom is -0.344 e. The summed E-state index contributed by atoms with van der Waals surface area (Å²) in [5.41, 5.74) is 1.06. The molecule has 0 N–H and O–H groups in total. The number of benzene rings is 2. The predicted molar refractivity (Wildman–Crippen MR) is 110 cm³/mol. The molecule has 2 aromatic carbocycles. The van der Waals surface area contributed by atoms with E-state index in [1.165, 1.54) is 10.8 Å². The van der Waals surface area contributed by atoms with Crippen molar-refractivity contribution in [2.75, 3.05) is 13.2 Å². The lowest BCUT2D eigenvalue weighted by atomic mass is 10.00. The van der Waals surface area contributed by atoms with Crippen molar-refractivity contribution in [1.29, 1.82) is 0 Å². The van der Waals surface area contributed by atoms with Crippen molar-refractivity contribution in [3.05, 3.63) is 66.7 Å². The van der Waals surface area contributed by atoms with Crippen LogP contribution in [-0.2, 0) is 21.8 Å². The highest BCUT2D eigenvalue weighted by atomic mass is 16.7. The second kappa shape index (κ2) is 9.67. The van der Waals surface area contributed by atoms with Gasteiger partial charge >= 0.3 is 0 Å². The van der Waals surface area contributed by atoms with Gasteiger partial charge in [0.05, 0.1) is 26.1 Å². The maximum absolute atomic E-state index is 6.45. The van der Waals surface area contributed by atoms with Crippen LogP contribution < -0.4 is 0 Å². The first-order valence-electron chi connectivity index (χ1n) is 10.0. The Balaban J connectivity index is 1.99. The normalized spacial score (nSPS) is 11.9. The molecule has 0 amide bonds. The van der Waals surface area contributed by atoms with Gasteiger partial charge in [-0.25, -0.2) is 4.98 Å². The molecule has 0 aliphatic rings. The molecule has 3 rings (SSSR count). The van der Waals surface area contributed by atoms with Gasteiger partial charge in [0.1, 0.15) is 0 Å². The summed E-state index contributed by atoms with van der Waals surface area (Å²) in [6, 6.07) is 14.9. The van der Waals surface area contributed by atoms with E-state index in [-0.39, 0.29) is 0 Å². The lowest BCUT2D eigenvalue weighted by Gasteiger charge is -2.35. The van der Waals surface area contributed by atoms with Crippen LogP contribution in [0.2, 0.25) is 0 Å². The smallest absolute Gasteiger partial charge is 0.213 e. The van der Waals surface area contributed by atoms with Gasteiger partial charge in [0.15, 0.2) is 0 Å². The Morgan fingerprint density at radius 3 is 2.26 bits per heavy atom. The number of unbranched alkanes of at least 4 members (excludes halogenated alkanes) is 2. The lowest BCUT2D eigenvalue weighted by molar-refractivity contribution is -0.256. The molecule has 0 saturated carbocycles. The van der Waals surface area contributed by atoms with Crippen molar-refractivity contribution < 1.29 is 9.47 Å². The molecule has 1 aromatic heterocycles. The fourth-order valence-electron chi connectivity index (χ4n) is 3.20. The molecular weight excluding hydrogens is 336 g/mol. The van der Waals surface area contributed by atoms with Gasteiger partial charge in [0.25, 0.3) is 0 Å². The molecule has 0 aliphatic heterocycles. The number of ether oxygens (including phenoxy) is 2. The Morgan fingerprint density at radius 1 is 0.926 bits per heavy atom. The summed E-state index contributed by atoms with van der Waals surface area (Å²) in [6.45, 7) is 6.27. The summed E-state index contributed by atoms with van der Waals surface area (Å²) in [5, 5.41) is 2.42. The fraction of sp³-hybridized carbons (Fsp3) is 0.435. The molecule has 0 bridgehead atoms. The molecule has 144 valence electrons. The summed E-state index contributed by atoms with van der Waals surface area (Å²) in [5.74, 6) is -0.810. The third-order valence-electron chi connectivity index (χ3n) is 4.81. The Bertz CT molecular complexity index is 804. The zero-order chi connectivity index (χ0) is 19.0. The van der Waals surface area contributed by atoms with Gasteiger partial charge in [-0.1, -0.05) is 63.1 Å². The molecule has 4 heteroatoms. The molecule has 0 spiro atoms. The molecule has 0 radical (unpaired) electrons. The van der Waals surface area contributed by atoms with E-state index < -0.39 is 5.79 Å². The summed E-state index contributed by atoms with van der Waals surface area (Å²) < 4.78 is 14.9. The maximum atomic E-state index is 6.45. The summed E-state index contributed by atoms with van der Waals surface area (Å²) >= 11 is 0. The molecular formula is C23H30N2O2. The first-order chi connectivity index (χ1) is 13.3. The quantitative estimate of drug-likeness (QED) is 0.331. The molecule has 0 saturated heterocycles. The average Bonchev–Trinajstić information content (AvgIpc) is 3.20. The van der Waals surface area contributed by atoms with Gasteiger partial charge in [0, 0.05) is 18.0 Å². The van der Waals surface area contributed by atoms with Crippen LogP contribution in [0.4, 0.5) is 0 Å². The van der Waals surface area contributed by atoms with Crippen LogP contribution in [0.25, 0.3) is 10.8 Å². The third-order valence-corrected chi connectivity index (χ3v) is 4.81. The van der Waals surface area contributed by atoms with Crippen molar-refractivity contribution >= 4 is 10.8 Å². The number of fused-ring (bicyclic) bond motifs is 1. The molecule has 0 aliphatic carbocycles. The Hall–Kier alpha value is -2.17. The van der Waals surface area contributed by atoms with Gasteiger partial charge in [-0.15, -0.1) is 0 Å². The van der Waals surface area contributed by atoms with Gasteiger partial charge < -0.3 is 14.0 Å². The van der Waals surface area contributed by atoms with E-state index in [0.29, 0.717) is 19.8 Å². The summed E-state index contributed by atoms with van der Waals surface area (Å²) in [4.78, 5) is 4.19. The zero-order valence-corrected chi connectivity index (χ0v) is 16.4. The first kappa shape index (κ1) is 19.6. The monoisotopic (exact) mass is 366 g/mol. The number of nitrogens with zero attached hydrogens (tertiary/aromatic N) is 2. The van der Waals surface area contributed by atoms with Gasteiger partial charge in [-0.05, 0) is 29.7 Å². The van der Waals surface area contributed by atoms with E-state index in [4.69, 9.17) is 9.47 Å². The molecule has 1 heterocycles. The van der Waals surface area contributed by atoms with Crippen LogP contribution >= 0.6 is 0 Å². The number of aromatic nitrogens is 2. The summed E-state index contributed by atoms with van der Waals surface area (Å²) in [7, 11) is 0. The van der Waals surface area contributed by atoms with Crippen LogP contribution in [0.1, 0.15) is 45.1 Å². The largest absolute Gasteiger partial charge is 0.344 e. The van der Waals surface area contributed by atoms with Crippen molar-refractivity contribution in [3.8, 4) is 0 Å². The topological polar surface area (TPSA) is 36.3 Å². The number of hydrogen-bond donors (Lipinski definition) is 0. The predicted octanol–water partition coefficient (Wildman–Crippen LogP) is 5.52. The molecule has 0 fully saturated rings. The van der Waals surface area contributed by atoms with E-state index in [9.17, 15) is 0 Å². The Kier molecular flexibility index (Phi) is 7.02. The third kappa shape index (κ3) is 4.96. The molecule has 0 unspecified atom stereocenters. The zero-order valence-electron chi connectivity index (χ0n) is 16.4. The summed E-state index contributed by atoms with van der Waals surface area (Å²) in [6.07, 6.45) is 9.78. The number of rotatable bonds is 11. The maximum Gasteiger partial charge on any atom is 0.213 e. The average molecular weight is 367 g/mol. The SMILES string of the molecule is CCCCOC(Cn1ccnc1)(OCCCC)c1ccc2ccccc2c1. The Morgan fingerprint density at radius 2 is 1.63 bits per heavy atom. The van der Waals surface area contributed by atoms with E-state index in [1.807, 2.05) is 17.1 Å². The number of imidazole rings is 1. The first-order valence-corrected chi connectivity index (χ1v) is 10.0. The van der Waals surface area contributed by atoms with Gasteiger partial charge in [-0.2, -0.15) is 0 Å². The standard InChI is InChI=1S/C23H30N2O2/c1-3-5-15-26-23(27-16-6-4-2,18-25-14-13-24-19-25)22-12-11-20-9-7-8-10-21(20)17-22/h7-14,17,19H,3-6,15-16,18H2,1-2H3. The second-order valence-corrected chi connectivity index (χ2v) is 6.95. The number of hydrogen-bond acceptors (Lipinski definition) is 3. The molecule has 3 aromatic rings. The minimum absolute atomic E-state index is 0.582.